The lowest BCUT2D eigenvalue weighted by atomic mass is 10.6. The molecule has 1 rings (SSSR count). The van der Waals surface area contributed by atoms with Crippen LogP contribution in [0.2, 0.25) is 0 Å². The van der Waals surface area contributed by atoms with Crippen LogP contribution in [0.15, 0.2) is 16.1 Å². The highest BCUT2D eigenvalue weighted by atomic mass is 32.2. The van der Waals surface area contributed by atoms with Crippen LogP contribution in [0, 0.1) is 0 Å². The Morgan fingerprint density at radius 3 is 2.50 bits per heavy atom. The molecule has 0 aromatic heterocycles. The van der Waals surface area contributed by atoms with Crippen molar-refractivity contribution in [2.45, 2.75) is 0 Å². The molecular formula is C5H6N2O4S. The van der Waals surface area contributed by atoms with Crippen molar-refractivity contribution < 1.29 is 18.3 Å². The fourth-order valence-corrected chi connectivity index (χ4v) is 1.81. The van der Waals surface area contributed by atoms with Gasteiger partial charge in [-0.15, -0.1) is 0 Å². The van der Waals surface area contributed by atoms with Crippen LogP contribution >= 0.6 is 0 Å². The van der Waals surface area contributed by atoms with Gasteiger partial charge < -0.3 is 10.8 Å². The predicted octanol–water partition coefficient (Wildman–Crippen LogP) is -1.30. The third kappa shape index (κ3) is 1.12. The van der Waals surface area contributed by atoms with Gasteiger partial charge in [-0.1, -0.05) is 0 Å². The number of nitrogens with two attached hydrogens (primary N) is 1. The lowest BCUT2D eigenvalue weighted by Gasteiger charge is -1.97. The van der Waals surface area contributed by atoms with Gasteiger partial charge in [-0.05, 0) is 0 Å². The fourth-order valence-electron chi connectivity index (χ4n) is 0.729. The summed E-state index contributed by atoms with van der Waals surface area (Å²) in [6.07, 6.45) is 0.792. The van der Waals surface area contributed by atoms with Crippen LogP contribution in [-0.4, -0.2) is 31.1 Å². The Hall–Kier alpha value is -1.21. The molecule has 0 atom stereocenters. The number of carboxylic acid groups (broad SMARTS) is 1. The highest BCUT2D eigenvalue weighted by Gasteiger charge is 2.33. The van der Waals surface area contributed by atoms with E-state index in [-0.39, 0.29) is 11.6 Å². The second-order valence-electron chi connectivity index (χ2n) is 2.03. The molecule has 0 radical (unpaired) electrons. The normalized spacial score (nSPS) is 20.1. The molecule has 0 aromatic rings. The molecule has 3 N–H and O–H groups in total. The van der Waals surface area contributed by atoms with E-state index >= 15 is 0 Å². The van der Waals surface area contributed by atoms with Crippen molar-refractivity contribution in [1.29, 1.82) is 0 Å². The van der Waals surface area contributed by atoms with Crippen LogP contribution in [0.3, 0.4) is 0 Å². The average molecular weight is 190 g/mol. The number of hydrogen-bond acceptors (Lipinski definition) is 5. The summed E-state index contributed by atoms with van der Waals surface area (Å²) in [5, 5.41) is 8.09. The molecule has 0 spiro atoms. The molecular weight excluding hydrogens is 184 g/mol. The summed E-state index contributed by atoms with van der Waals surface area (Å²) in [5.74, 6) is -1.51. The summed E-state index contributed by atoms with van der Waals surface area (Å²) >= 11 is 0. The molecule has 7 heteroatoms. The number of aliphatic carboxylic acids is 1. The lowest BCUT2D eigenvalue weighted by molar-refractivity contribution is -0.131. The Labute approximate surface area is 68.3 Å². The second-order valence-corrected chi connectivity index (χ2v) is 3.95. The average Bonchev–Trinajstić information content (AvgIpc) is 2.24. The van der Waals surface area contributed by atoms with Crippen LogP contribution in [0.4, 0.5) is 0 Å². The van der Waals surface area contributed by atoms with Crippen molar-refractivity contribution in [3.63, 3.8) is 0 Å². The number of nitrogens with zero attached hydrogens (tertiary/aromatic N) is 1. The van der Waals surface area contributed by atoms with Crippen molar-refractivity contribution in [1.82, 2.24) is 0 Å². The van der Waals surface area contributed by atoms with Crippen molar-refractivity contribution in [2.75, 3.05) is 6.54 Å². The van der Waals surface area contributed by atoms with Crippen molar-refractivity contribution in [2.24, 2.45) is 10.7 Å². The summed E-state index contributed by atoms with van der Waals surface area (Å²) in [7, 11) is -3.89. The highest BCUT2D eigenvalue weighted by Crippen LogP contribution is 2.16. The largest absolute Gasteiger partial charge is 0.477 e. The first-order chi connectivity index (χ1) is 5.50. The van der Waals surface area contributed by atoms with E-state index in [1.807, 2.05) is 0 Å². The molecule has 6 nitrogen and oxygen atoms in total. The molecule has 0 aliphatic carbocycles. The van der Waals surface area contributed by atoms with Gasteiger partial charge in [0.2, 0.25) is 9.84 Å². The van der Waals surface area contributed by atoms with E-state index in [9.17, 15) is 13.2 Å². The summed E-state index contributed by atoms with van der Waals surface area (Å²) in [5.41, 5.74) is 5.04. The topological polar surface area (TPSA) is 110 Å². The molecule has 0 saturated carbocycles. The molecule has 0 unspecified atom stereocenters. The third-order valence-electron chi connectivity index (χ3n) is 1.31. The van der Waals surface area contributed by atoms with Crippen LogP contribution in [0.1, 0.15) is 0 Å². The van der Waals surface area contributed by atoms with E-state index in [1.54, 1.807) is 0 Å². The smallest absolute Gasteiger partial charge is 0.349 e. The SMILES string of the molecule is NCC1=NC=C(C(=O)O)S1(=O)=O. The van der Waals surface area contributed by atoms with Gasteiger partial charge in [0.1, 0.15) is 0 Å². The molecule has 0 bridgehead atoms. The maximum Gasteiger partial charge on any atom is 0.349 e. The quantitative estimate of drug-likeness (QED) is 0.562. The van der Waals surface area contributed by atoms with E-state index in [0.29, 0.717) is 0 Å². The highest BCUT2D eigenvalue weighted by molar-refractivity contribution is 8.10. The van der Waals surface area contributed by atoms with Gasteiger partial charge in [0.25, 0.3) is 0 Å². The summed E-state index contributed by atoms with van der Waals surface area (Å²) < 4.78 is 22.2. The van der Waals surface area contributed by atoms with Crippen LogP contribution in [0.5, 0.6) is 0 Å². The van der Waals surface area contributed by atoms with Crippen molar-refractivity contribution in [3.8, 4) is 0 Å². The Kier molecular flexibility index (Phi) is 1.99. The van der Waals surface area contributed by atoms with Gasteiger partial charge >= 0.3 is 5.97 Å². The maximum absolute atomic E-state index is 11.1. The van der Waals surface area contributed by atoms with Gasteiger partial charge in [0.05, 0.1) is 6.20 Å². The van der Waals surface area contributed by atoms with Gasteiger partial charge in [0.15, 0.2) is 9.95 Å². The van der Waals surface area contributed by atoms with E-state index in [4.69, 9.17) is 10.8 Å². The van der Waals surface area contributed by atoms with Gasteiger partial charge in [-0.2, -0.15) is 0 Å². The number of sulfone groups is 1. The van der Waals surface area contributed by atoms with Crippen molar-refractivity contribution >= 4 is 20.9 Å². The first-order valence-electron chi connectivity index (χ1n) is 2.95. The number of carbonyl (C=O) groups is 1. The van der Waals surface area contributed by atoms with E-state index in [0.717, 1.165) is 6.20 Å². The molecule has 1 aliphatic heterocycles. The molecule has 0 saturated heterocycles. The number of carboxylic acids is 1. The Morgan fingerprint density at radius 1 is 1.67 bits per heavy atom. The molecule has 0 aromatic carbocycles. The zero-order valence-corrected chi connectivity index (χ0v) is 6.71. The van der Waals surface area contributed by atoms with Crippen LogP contribution in [0.25, 0.3) is 0 Å². The first kappa shape index (κ1) is 8.88. The zero-order chi connectivity index (χ0) is 9.35. The number of hydrogen-bond donors (Lipinski definition) is 2. The third-order valence-corrected chi connectivity index (χ3v) is 3.06. The number of rotatable bonds is 2. The second kappa shape index (κ2) is 2.68. The van der Waals surface area contributed by atoms with Gasteiger partial charge in [-0.3, -0.25) is 0 Å². The van der Waals surface area contributed by atoms with Crippen LogP contribution < -0.4 is 5.73 Å². The zero-order valence-electron chi connectivity index (χ0n) is 5.89. The molecule has 0 amide bonds. The van der Waals surface area contributed by atoms with Crippen molar-refractivity contribution in [3.05, 3.63) is 11.1 Å². The standard InChI is InChI=1S/C5H6N2O4S/c6-1-4-7-2-3(5(8)9)12(4,10)11/h2H,1,6H2,(H,8,9). The predicted molar refractivity (Wildman–Crippen MR) is 41.1 cm³/mol. The Bertz CT molecular complexity index is 378. The monoisotopic (exact) mass is 190 g/mol. The molecule has 1 heterocycles. The molecule has 0 fully saturated rings. The van der Waals surface area contributed by atoms with E-state index in [2.05, 4.69) is 4.99 Å². The van der Waals surface area contributed by atoms with Gasteiger partial charge in [0, 0.05) is 6.54 Å². The Balaban J connectivity index is 3.15. The molecule has 66 valence electrons. The number of aliphatic imine (C=N–C) groups is 1. The summed E-state index contributed by atoms with van der Waals surface area (Å²) in [4.78, 5) is 13.0. The first-order valence-corrected chi connectivity index (χ1v) is 4.43. The maximum atomic E-state index is 11.1. The minimum atomic E-state index is -3.89. The van der Waals surface area contributed by atoms with Gasteiger partial charge in [-0.25, -0.2) is 18.2 Å². The van der Waals surface area contributed by atoms with E-state index < -0.39 is 20.7 Å². The summed E-state index contributed by atoms with van der Waals surface area (Å²) in [6.45, 7) is -0.282. The minimum Gasteiger partial charge on any atom is -0.477 e. The lowest BCUT2D eigenvalue weighted by Crippen LogP contribution is -2.24. The Morgan fingerprint density at radius 2 is 2.25 bits per heavy atom. The van der Waals surface area contributed by atoms with Crippen LogP contribution in [-0.2, 0) is 14.6 Å². The minimum absolute atomic E-state index is 0.282. The van der Waals surface area contributed by atoms with E-state index in [1.165, 1.54) is 0 Å². The molecule has 1 aliphatic rings. The fraction of sp³-hybridized carbons (Fsp3) is 0.200. The molecule has 12 heavy (non-hydrogen) atoms. The summed E-state index contributed by atoms with van der Waals surface area (Å²) in [6, 6.07) is 0.